The number of hydrogen-bond acceptors (Lipinski definition) is 4. The van der Waals surface area contributed by atoms with E-state index in [4.69, 9.17) is 4.42 Å². The summed E-state index contributed by atoms with van der Waals surface area (Å²) in [6.45, 7) is 8.67. The highest BCUT2D eigenvalue weighted by Gasteiger charge is 2.26. The van der Waals surface area contributed by atoms with Crippen molar-refractivity contribution in [1.82, 2.24) is 4.90 Å². The molecule has 1 fully saturated rings. The summed E-state index contributed by atoms with van der Waals surface area (Å²) in [5, 5.41) is 9.26. The van der Waals surface area contributed by atoms with Crippen molar-refractivity contribution in [2.24, 2.45) is 0 Å². The van der Waals surface area contributed by atoms with Crippen molar-refractivity contribution in [2.75, 3.05) is 31.1 Å². The van der Waals surface area contributed by atoms with Gasteiger partial charge in [0.2, 0.25) is 0 Å². The van der Waals surface area contributed by atoms with Crippen LogP contribution < -0.4 is 4.90 Å². The molecule has 1 aliphatic rings. The molecular formula is C20H23N3O2. The van der Waals surface area contributed by atoms with Crippen LogP contribution in [0.15, 0.2) is 34.7 Å². The predicted molar refractivity (Wildman–Crippen MR) is 96.8 cm³/mol. The summed E-state index contributed by atoms with van der Waals surface area (Å²) in [6.07, 6.45) is 0. The molecule has 0 atom stereocenters. The van der Waals surface area contributed by atoms with Crippen LogP contribution in [-0.4, -0.2) is 37.0 Å². The van der Waals surface area contributed by atoms with Crippen LogP contribution in [0.1, 0.15) is 47.2 Å². The number of rotatable bonds is 3. The van der Waals surface area contributed by atoms with Crippen LogP contribution in [0, 0.1) is 18.3 Å². The first kappa shape index (κ1) is 17.1. The Morgan fingerprint density at radius 2 is 1.88 bits per heavy atom. The number of benzene rings is 1. The van der Waals surface area contributed by atoms with Gasteiger partial charge in [0.15, 0.2) is 0 Å². The van der Waals surface area contributed by atoms with Gasteiger partial charge < -0.3 is 14.2 Å². The predicted octanol–water partition coefficient (Wildman–Crippen LogP) is 3.55. The van der Waals surface area contributed by atoms with Gasteiger partial charge in [-0.05, 0) is 25.1 Å². The zero-order valence-electron chi connectivity index (χ0n) is 15.0. The number of furan rings is 1. The van der Waals surface area contributed by atoms with Gasteiger partial charge in [0.1, 0.15) is 17.6 Å². The summed E-state index contributed by atoms with van der Waals surface area (Å²) < 4.78 is 5.71. The highest BCUT2D eigenvalue weighted by atomic mass is 16.3. The molecule has 1 amide bonds. The van der Waals surface area contributed by atoms with Crippen molar-refractivity contribution < 1.29 is 9.21 Å². The number of nitriles is 1. The van der Waals surface area contributed by atoms with Crippen LogP contribution in [0.4, 0.5) is 5.69 Å². The summed E-state index contributed by atoms with van der Waals surface area (Å²) in [7, 11) is 0. The molecule has 0 unspecified atom stereocenters. The Hall–Kier alpha value is -2.74. The quantitative estimate of drug-likeness (QED) is 0.859. The van der Waals surface area contributed by atoms with Gasteiger partial charge in [-0.1, -0.05) is 26.0 Å². The van der Waals surface area contributed by atoms with E-state index in [1.54, 1.807) is 0 Å². The first-order valence-electron chi connectivity index (χ1n) is 8.65. The number of aryl methyl sites for hydroxylation is 1. The Labute approximate surface area is 148 Å². The first-order valence-corrected chi connectivity index (χ1v) is 8.65. The number of piperazine rings is 1. The van der Waals surface area contributed by atoms with Gasteiger partial charge in [0, 0.05) is 32.1 Å². The van der Waals surface area contributed by atoms with Gasteiger partial charge in [-0.25, -0.2) is 0 Å². The summed E-state index contributed by atoms with van der Waals surface area (Å²) in [5.74, 6) is 1.83. The van der Waals surface area contributed by atoms with E-state index < -0.39 is 0 Å². The Morgan fingerprint density at radius 1 is 1.20 bits per heavy atom. The van der Waals surface area contributed by atoms with E-state index in [1.165, 1.54) is 0 Å². The maximum atomic E-state index is 12.8. The van der Waals surface area contributed by atoms with E-state index in [-0.39, 0.29) is 11.8 Å². The Kier molecular flexibility index (Phi) is 4.80. The van der Waals surface area contributed by atoms with Crippen molar-refractivity contribution in [3.8, 4) is 6.07 Å². The number of para-hydroxylation sites is 1. The molecule has 130 valence electrons. The Bertz CT molecular complexity index is 809. The lowest BCUT2D eigenvalue weighted by molar-refractivity contribution is 0.0745. The highest BCUT2D eigenvalue weighted by molar-refractivity contribution is 5.95. The SMILES string of the molecule is Cc1oc(C(C)C)cc1C(=O)N1CCN(c2ccccc2C#N)CC1. The molecule has 5 nitrogen and oxygen atoms in total. The fourth-order valence-electron chi connectivity index (χ4n) is 3.17. The van der Waals surface area contributed by atoms with Crippen LogP contribution in [0.25, 0.3) is 0 Å². The largest absolute Gasteiger partial charge is 0.465 e. The lowest BCUT2D eigenvalue weighted by atomic mass is 10.1. The summed E-state index contributed by atoms with van der Waals surface area (Å²) in [6, 6.07) is 11.7. The van der Waals surface area contributed by atoms with E-state index in [1.807, 2.05) is 42.2 Å². The summed E-state index contributed by atoms with van der Waals surface area (Å²) in [5.41, 5.74) is 2.28. The van der Waals surface area contributed by atoms with E-state index in [0.717, 1.165) is 24.5 Å². The lowest BCUT2D eigenvalue weighted by Crippen LogP contribution is -2.49. The molecule has 0 aliphatic carbocycles. The molecular weight excluding hydrogens is 314 g/mol. The molecule has 1 aliphatic heterocycles. The number of anilines is 1. The minimum absolute atomic E-state index is 0.0290. The van der Waals surface area contributed by atoms with Crippen LogP contribution in [-0.2, 0) is 0 Å². The van der Waals surface area contributed by atoms with Crippen molar-refractivity contribution in [3.63, 3.8) is 0 Å². The molecule has 1 saturated heterocycles. The van der Waals surface area contributed by atoms with Crippen LogP contribution in [0.2, 0.25) is 0 Å². The second-order valence-corrected chi connectivity index (χ2v) is 6.68. The van der Waals surface area contributed by atoms with Crippen molar-refractivity contribution in [3.05, 3.63) is 53.0 Å². The topological polar surface area (TPSA) is 60.5 Å². The van der Waals surface area contributed by atoms with Crippen molar-refractivity contribution in [2.45, 2.75) is 26.7 Å². The molecule has 25 heavy (non-hydrogen) atoms. The number of hydrogen-bond donors (Lipinski definition) is 0. The normalized spacial score (nSPS) is 14.7. The average molecular weight is 337 g/mol. The number of amides is 1. The second-order valence-electron chi connectivity index (χ2n) is 6.68. The van der Waals surface area contributed by atoms with E-state index in [0.29, 0.717) is 30.0 Å². The number of carbonyl (C=O) groups is 1. The van der Waals surface area contributed by atoms with Gasteiger partial charge in [-0.2, -0.15) is 5.26 Å². The molecule has 0 radical (unpaired) electrons. The standard InChI is InChI=1S/C20H23N3O2/c1-14(2)19-12-17(15(3)25-19)20(24)23-10-8-22(9-11-23)18-7-5-4-6-16(18)13-21/h4-7,12,14H,8-11H2,1-3H3. The third-order valence-corrected chi connectivity index (χ3v) is 4.67. The molecule has 5 heteroatoms. The third-order valence-electron chi connectivity index (χ3n) is 4.67. The summed E-state index contributed by atoms with van der Waals surface area (Å²) in [4.78, 5) is 16.9. The lowest BCUT2D eigenvalue weighted by Gasteiger charge is -2.36. The summed E-state index contributed by atoms with van der Waals surface area (Å²) >= 11 is 0. The minimum atomic E-state index is 0.0290. The van der Waals surface area contributed by atoms with E-state index in [2.05, 4.69) is 24.8 Å². The number of nitrogens with zero attached hydrogens (tertiary/aromatic N) is 3. The molecule has 0 saturated carbocycles. The number of carbonyl (C=O) groups excluding carboxylic acids is 1. The zero-order chi connectivity index (χ0) is 18.0. The monoisotopic (exact) mass is 337 g/mol. The van der Waals surface area contributed by atoms with Crippen LogP contribution in [0.5, 0.6) is 0 Å². The zero-order valence-corrected chi connectivity index (χ0v) is 15.0. The van der Waals surface area contributed by atoms with Gasteiger partial charge in [0.05, 0.1) is 16.8 Å². The molecule has 0 spiro atoms. The van der Waals surface area contributed by atoms with Gasteiger partial charge in [-0.3, -0.25) is 4.79 Å². The van der Waals surface area contributed by atoms with Crippen LogP contribution in [0.3, 0.4) is 0 Å². The molecule has 0 N–H and O–H groups in total. The molecule has 0 bridgehead atoms. The maximum Gasteiger partial charge on any atom is 0.257 e. The van der Waals surface area contributed by atoms with Gasteiger partial charge in [0.25, 0.3) is 5.91 Å². The highest BCUT2D eigenvalue weighted by Crippen LogP contribution is 2.25. The second kappa shape index (κ2) is 7.02. The van der Waals surface area contributed by atoms with Gasteiger partial charge in [-0.15, -0.1) is 0 Å². The molecule has 1 aromatic heterocycles. The minimum Gasteiger partial charge on any atom is -0.465 e. The molecule has 2 heterocycles. The Morgan fingerprint density at radius 3 is 2.48 bits per heavy atom. The fraction of sp³-hybridized carbons (Fsp3) is 0.400. The van der Waals surface area contributed by atoms with Gasteiger partial charge >= 0.3 is 0 Å². The molecule has 3 rings (SSSR count). The fourth-order valence-corrected chi connectivity index (χ4v) is 3.17. The molecule has 1 aromatic carbocycles. The third kappa shape index (κ3) is 3.39. The average Bonchev–Trinajstić information content (AvgIpc) is 3.03. The van der Waals surface area contributed by atoms with E-state index in [9.17, 15) is 10.1 Å². The molecule has 2 aromatic rings. The first-order chi connectivity index (χ1) is 12.0. The van der Waals surface area contributed by atoms with Crippen molar-refractivity contribution >= 4 is 11.6 Å². The van der Waals surface area contributed by atoms with Crippen molar-refractivity contribution in [1.29, 1.82) is 5.26 Å². The maximum absolute atomic E-state index is 12.8. The smallest absolute Gasteiger partial charge is 0.257 e. The van der Waals surface area contributed by atoms with Crippen LogP contribution >= 0.6 is 0 Å². The Balaban J connectivity index is 1.70. The van der Waals surface area contributed by atoms with E-state index >= 15 is 0 Å².